The topological polar surface area (TPSA) is 93.2 Å². The van der Waals surface area contributed by atoms with Crippen LogP contribution in [0.2, 0.25) is 0 Å². The minimum absolute atomic E-state index is 0.00318. The van der Waals surface area contributed by atoms with Crippen LogP contribution in [0.4, 0.5) is 14.5 Å². The summed E-state index contributed by atoms with van der Waals surface area (Å²) in [5.41, 5.74) is 4.15. The third kappa shape index (κ3) is 4.50. The van der Waals surface area contributed by atoms with Crippen LogP contribution in [0.25, 0.3) is 27.6 Å². The molecule has 2 aromatic carbocycles. The summed E-state index contributed by atoms with van der Waals surface area (Å²) in [6, 6.07) is 11.4. The van der Waals surface area contributed by atoms with Crippen molar-refractivity contribution in [3.8, 4) is 17.0 Å². The minimum Gasteiger partial charge on any atom is -0.480 e. The quantitative estimate of drug-likeness (QED) is 0.387. The van der Waals surface area contributed by atoms with Gasteiger partial charge in [0.25, 0.3) is 10.0 Å². The number of halogens is 2. The number of allylic oxidation sites excluding steroid dienone is 2. The molecule has 7 nitrogen and oxygen atoms in total. The fourth-order valence-corrected chi connectivity index (χ4v) is 5.06. The third-order valence-electron chi connectivity index (χ3n) is 5.65. The molecule has 3 heterocycles. The lowest BCUT2D eigenvalue weighted by atomic mass is 9.97. The van der Waals surface area contributed by atoms with Crippen LogP contribution in [0.3, 0.4) is 0 Å². The molecular formula is C26H20F2N4O3S. The van der Waals surface area contributed by atoms with E-state index >= 15 is 0 Å². The number of aromatic nitrogens is 2. The van der Waals surface area contributed by atoms with Crippen molar-refractivity contribution in [2.24, 2.45) is 0 Å². The number of sulfonamides is 1. The summed E-state index contributed by atoms with van der Waals surface area (Å²) < 4.78 is 60.7. The molecule has 2 aromatic heterocycles. The predicted octanol–water partition coefficient (Wildman–Crippen LogP) is 4.88. The molecule has 0 fully saturated rings. The molecule has 0 unspecified atom stereocenters. The second-order valence-corrected chi connectivity index (χ2v) is 9.61. The van der Waals surface area contributed by atoms with Crippen LogP contribution in [0.15, 0.2) is 84.2 Å². The molecule has 0 saturated carbocycles. The molecule has 1 aliphatic rings. The molecule has 1 aliphatic heterocycles. The zero-order valence-corrected chi connectivity index (χ0v) is 19.8. The van der Waals surface area contributed by atoms with E-state index in [0.29, 0.717) is 11.6 Å². The Morgan fingerprint density at radius 3 is 2.64 bits per heavy atom. The van der Waals surface area contributed by atoms with E-state index in [0.717, 1.165) is 46.3 Å². The van der Waals surface area contributed by atoms with Gasteiger partial charge in [0, 0.05) is 42.2 Å². The number of rotatable bonds is 6. The zero-order valence-electron chi connectivity index (χ0n) is 19.0. The second kappa shape index (κ2) is 9.38. The van der Waals surface area contributed by atoms with E-state index < -0.39 is 26.6 Å². The maximum atomic E-state index is 14.2. The normalized spacial score (nSPS) is 13.2. The van der Waals surface area contributed by atoms with Gasteiger partial charge in [0.2, 0.25) is 5.88 Å². The summed E-state index contributed by atoms with van der Waals surface area (Å²) >= 11 is 0. The average molecular weight is 507 g/mol. The Kier molecular flexibility index (Phi) is 6.11. The van der Waals surface area contributed by atoms with Gasteiger partial charge in [0.1, 0.15) is 22.2 Å². The molecule has 182 valence electrons. The largest absolute Gasteiger partial charge is 0.480 e. The van der Waals surface area contributed by atoms with Gasteiger partial charge in [-0.25, -0.2) is 22.2 Å². The van der Waals surface area contributed by atoms with Crippen molar-refractivity contribution in [1.82, 2.24) is 15.3 Å². The Morgan fingerprint density at radius 1 is 1.03 bits per heavy atom. The maximum absolute atomic E-state index is 14.2. The van der Waals surface area contributed by atoms with Gasteiger partial charge in [0.05, 0.1) is 12.6 Å². The molecule has 0 amide bonds. The average Bonchev–Trinajstić information content (AvgIpc) is 2.88. The zero-order chi connectivity index (χ0) is 25.3. The molecular weight excluding hydrogens is 486 g/mol. The second-order valence-electron chi connectivity index (χ2n) is 7.96. The molecule has 0 atom stereocenters. The summed E-state index contributed by atoms with van der Waals surface area (Å²) in [6.45, 7) is 0.760. The van der Waals surface area contributed by atoms with E-state index in [1.165, 1.54) is 7.11 Å². The smallest absolute Gasteiger partial charge is 0.264 e. The van der Waals surface area contributed by atoms with Crippen LogP contribution < -0.4 is 14.8 Å². The number of nitrogens with one attached hydrogen (secondary N) is 2. The van der Waals surface area contributed by atoms with Crippen LogP contribution in [-0.4, -0.2) is 32.0 Å². The summed E-state index contributed by atoms with van der Waals surface area (Å²) in [5.74, 6) is -2.09. The lowest BCUT2D eigenvalue weighted by molar-refractivity contribution is 0.400. The summed E-state index contributed by atoms with van der Waals surface area (Å²) in [6.07, 6.45) is 9.30. The van der Waals surface area contributed by atoms with Crippen molar-refractivity contribution in [3.63, 3.8) is 0 Å². The Hall–Kier alpha value is -4.31. The molecule has 36 heavy (non-hydrogen) atoms. The number of hydrogen-bond donors (Lipinski definition) is 2. The highest BCUT2D eigenvalue weighted by molar-refractivity contribution is 7.92. The number of fused-ring (bicyclic) bond motifs is 1. The number of benzene rings is 2. The highest BCUT2D eigenvalue weighted by Crippen LogP contribution is 2.33. The van der Waals surface area contributed by atoms with Crippen LogP contribution in [0, 0.1) is 11.6 Å². The predicted molar refractivity (Wildman–Crippen MR) is 134 cm³/mol. The van der Waals surface area contributed by atoms with Crippen molar-refractivity contribution in [2.45, 2.75) is 4.90 Å². The van der Waals surface area contributed by atoms with Crippen molar-refractivity contribution in [3.05, 3.63) is 96.5 Å². The number of dihydropyridines is 1. The fourth-order valence-electron chi connectivity index (χ4n) is 3.95. The molecule has 0 saturated heterocycles. The molecule has 0 radical (unpaired) electrons. The highest BCUT2D eigenvalue weighted by atomic mass is 32.2. The van der Waals surface area contributed by atoms with Gasteiger partial charge < -0.3 is 10.1 Å². The van der Waals surface area contributed by atoms with Gasteiger partial charge in [-0.15, -0.1) is 0 Å². The van der Waals surface area contributed by atoms with Gasteiger partial charge in [-0.1, -0.05) is 18.2 Å². The van der Waals surface area contributed by atoms with E-state index in [9.17, 15) is 17.2 Å². The van der Waals surface area contributed by atoms with Gasteiger partial charge in [-0.3, -0.25) is 9.71 Å². The minimum atomic E-state index is -4.39. The van der Waals surface area contributed by atoms with Gasteiger partial charge in [-0.2, -0.15) is 0 Å². The van der Waals surface area contributed by atoms with Crippen molar-refractivity contribution < 1.29 is 21.9 Å². The van der Waals surface area contributed by atoms with E-state index in [4.69, 9.17) is 4.74 Å². The van der Waals surface area contributed by atoms with Crippen LogP contribution in [0.1, 0.15) is 5.56 Å². The fraction of sp³-hybridized carbons (Fsp3) is 0.0769. The molecule has 0 bridgehead atoms. The lowest BCUT2D eigenvalue weighted by Crippen LogP contribution is -2.15. The first kappa shape index (κ1) is 23.4. The van der Waals surface area contributed by atoms with E-state index in [1.54, 1.807) is 18.5 Å². The van der Waals surface area contributed by atoms with Gasteiger partial charge >= 0.3 is 0 Å². The molecule has 2 N–H and O–H groups in total. The Balaban J connectivity index is 1.57. The molecule has 0 spiro atoms. The van der Waals surface area contributed by atoms with Crippen molar-refractivity contribution in [2.75, 3.05) is 18.4 Å². The molecule has 0 aliphatic carbocycles. The monoisotopic (exact) mass is 506 g/mol. The van der Waals surface area contributed by atoms with Crippen LogP contribution in [0.5, 0.6) is 5.88 Å². The first-order valence-corrected chi connectivity index (χ1v) is 12.4. The molecule has 5 rings (SSSR count). The number of methoxy groups -OCH3 is 1. The highest BCUT2D eigenvalue weighted by Gasteiger charge is 2.22. The molecule has 4 aromatic rings. The standard InChI is InChI=1S/C26H20F2N4O3S/c1-35-26-24(32-36(33,34)25-7-5-19(27)13-22(25)28)12-18(15-31-26)16-4-6-23-21(11-16)20(8-10-30-23)17-3-2-9-29-14-17/h2-8,10-15,29,32H,9H2,1H3. The number of pyridine rings is 2. The van der Waals surface area contributed by atoms with E-state index in [-0.39, 0.29) is 11.6 Å². The number of nitrogens with zero attached hydrogens (tertiary/aromatic N) is 2. The van der Waals surface area contributed by atoms with E-state index in [2.05, 4.69) is 20.0 Å². The van der Waals surface area contributed by atoms with Crippen molar-refractivity contribution in [1.29, 1.82) is 0 Å². The number of anilines is 1. The summed E-state index contributed by atoms with van der Waals surface area (Å²) in [4.78, 5) is 7.99. The Labute approximate surface area is 206 Å². The number of ether oxygens (including phenoxy) is 1. The molecule has 10 heteroatoms. The summed E-state index contributed by atoms with van der Waals surface area (Å²) in [7, 11) is -3.05. The van der Waals surface area contributed by atoms with Gasteiger partial charge in [0.15, 0.2) is 0 Å². The van der Waals surface area contributed by atoms with Gasteiger partial charge in [-0.05, 0) is 53.1 Å². The first-order chi connectivity index (χ1) is 17.4. The Bertz CT molecular complexity index is 1650. The SMILES string of the molecule is COc1ncc(-c2ccc3nccc(C4=CNCC=C4)c3c2)cc1NS(=O)(=O)c1ccc(F)cc1F. The Morgan fingerprint density at radius 2 is 1.89 bits per heavy atom. The van der Waals surface area contributed by atoms with Crippen LogP contribution >= 0.6 is 0 Å². The van der Waals surface area contributed by atoms with Crippen molar-refractivity contribution >= 4 is 32.2 Å². The number of hydrogen-bond acceptors (Lipinski definition) is 6. The van der Waals surface area contributed by atoms with Crippen LogP contribution in [-0.2, 0) is 10.0 Å². The van der Waals surface area contributed by atoms with E-state index in [1.807, 2.05) is 42.6 Å². The maximum Gasteiger partial charge on any atom is 0.264 e. The summed E-state index contributed by atoms with van der Waals surface area (Å²) in [5, 5.41) is 4.10. The third-order valence-corrected chi connectivity index (χ3v) is 7.05. The first-order valence-electron chi connectivity index (χ1n) is 10.9. The lowest BCUT2D eigenvalue weighted by Gasteiger charge is -2.14.